The van der Waals surface area contributed by atoms with Gasteiger partial charge in [-0.2, -0.15) is 9.78 Å². The highest BCUT2D eigenvalue weighted by atomic mass is 19.1. The molecule has 2 aromatic carbocycles. The highest BCUT2D eigenvalue weighted by Crippen LogP contribution is 2.38. The molecule has 8 nitrogen and oxygen atoms in total. The number of halogens is 1. The molecule has 0 saturated carbocycles. The molecule has 2 N–H and O–H groups in total. The molecule has 0 fully saturated rings. The summed E-state index contributed by atoms with van der Waals surface area (Å²) >= 11 is 0. The van der Waals surface area contributed by atoms with Crippen molar-refractivity contribution >= 4 is 23.8 Å². The Labute approximate surface area is 163 Å². The fourth-order valence-corrected chi connectivity index (χ4v) is 3.38. The second-order valence-corrected chi connectivity index (χ2v) is 6.50. The van der Waals surface area contributed by atoms with Crippen molar-refractivity contribution in [1.29, 1.82) is 0 Å². The molecule has 4 aromatic rings. The molecular formula is C20H14FN7O. The van der Waals surface area contributed by atoms with Crippen molar-refractivity contribution in [2.75, 3.05) is 5.32 Å². The van der Waals surface area contributed by atoms with Crippen LogP contribution >= 0.6 is 0 Å². The van der Waals surface area contributed by atoms with Gasteiger partial charge < -0.3 is 5.32 Å². The predicted molar refractivity (Wildman–Crippen MR) is 105 cm³/mol. The number of hydrogen-bond acceptors (Lipinski definition) is 6. The number of nitrogens with one attached hydrogen (secondary N) is 2. The van der Waals surface area contributed by atoms with Crippen molar-refractivity contribution in [2.24, 2.45) is 0 Å². The molecular weight excluding hydrogens is 373 g/mol. The Morgan fingerprint density at radius 1 is 1.03 bits per heavy atom. The minimum absolute atomic E-state index is 0.310. The zero-order valence-electron chi connectivity index (χ0n) is 15.0. The van der Waals surface area contributed by atoms with Gasteiger partial charge >= 0.3 is 0 Å². The molecule has 0 amide bonds. The fourth-order valence-electron chi connectivity index (χ4n) is 3.38. The minimum atomic E-state index is -0.540. The summed E-state index contributed by atoms with van der Waals surface area (Å²) in [5, 5.41) is 21.4. The number of aromatic amines is 1. The number of aromatic nitrogens is 6. The van der Waals surface area contributed by atoms with Crippen LogP contribution in [0.25, 0.3) is 12.2 Å². The van der Waals surface area contributed by atoms with Crippen LogP contribution in [0, 0.1) is 5.82 Å². The lowest BCUT2D eigenvalue weighted by Gasteiger charge is -2.27. The molecule has 1 atom stereocenters. The first-order valence-electron chi connectivity index (χ1n) is 8.87. The number of tetrazole rings is 1. The zero-order valence-corrected chi connectivity index (χ0v) is 15.0. The average Bonchev–Trinajstić information content (AvgIpc) is 3.22. The molecule has 1 aliphatic heterocycles. The van der Waals surface area contributed by atoms with Gasteiger partial charge in [0.1, 0.15) is 17.5 Å². The van der Waals surface area contributed by atoms with Crippen LogP contribution in [0.4, 0.5) is 16.0 Å². The molecule has 3 heterocycles. The molecule has 5 rings (SSSR count). The smallest absolute Gasteiger partial charge is 0.288 e. The summed E-state index contributed by atoms with van der Waals surface area (Å²) in [5.41, 5.74) is 2.78. The maximum absolute atomic E-state index is 13.5. The van der Waals surface area contributed by atoms with Gasteiger partial charge in [-0.3, -0.25) is 4.79 Å². The van der Waals surface area contributed by atoms with E-state index < -0.39 is 11.6 Å². The van der Waals surface area contributed by atoms with Crippen LogP contribution in [0.1, 0.15) is 28.4 Å². The maximum atomic E-state index is 13.5. The quantitative estimate of drug-likeness (QED) is 0.494. The Kier molecular flexibility index (Phi) is 3.98. The topological polar surface area (TPSA) is 101 Å². The molecule has 29 heavy (non-hydrogen) atoms. The third kappa shape index (κ3) is 2.98. The summed E-state index contributed by atoms with van der Waals surface area (Å²) in [6.45, 7) is 0. The van der Waals surface area contributed by atoms with Crippen LogP contribution in [0.5, 0.6) is 0 Å². The second-order valence-electron chi connectivity index (χ2n) is 6.50. The Morgan fingerprint density at radius 3 is 2.62 bits per heavy atom. The molecule has 142 valence electrons. The van der Waals surface area contributed by atoms with E-state index in [2.05, 4.69) is 31.0 Å². The second kappa shape index (κ2) is 6.79. The molecule has 2 aromatic heterocycles. The highest BCUT2D eigenvalue weighted by molar-refractivity contribution is 5.75. The van der Waals surface area contributed by atoms with E-state index in [1.54, 1.807) is 16.8 Å². The van der Waals surface area contributed by atoms with Crippen molar-refractivity contribution in [2.45, 2.75) is 6.04 Å². The normalized spacial score (nSPS) is 15.0. The highest BCUT2D eigenvalue weighted by Gasteiger charge is 2.33. The van der Waals surface area contributed by atoms with Gasteiger partial charge in [0.05, 0.1) is 5.69 Å². The fraction of sp³-hybridized carbons (Fsp3) is 0.0500. The summed E-state index contributed by atoms with van der Waals surface area (Å²) in [6.07, 6.45) is 3.72. The maximum Gasteiger partial charge on any atom is 0.288 e. The van der Waals surface area contributed by atoms with E-state index in [1.165, 1.54) is 12.1 Å². The van der Waals surface area contributed by atoms with Crippen molar-refractivity contribution in [3.05, 3.63) is 93.2 Å². The van der Waals surface area contributed by atoms with Gasteiger partial charge in [-0.05, 0) is 39.8 Å². The number of H-pyrrole nitrogens is 1. The van der Waals surface area contributed by atoms with E-state index in [9.17, 15) is 9.18 Å². The van der Waals surface area contributed by atoms with Crippen molar-refractivity contribution in [1.82, 2.24) is 30.4 Å². The van der Waals surface area contributed by atoms with Crippen LogP contribution < -0.4 is 10.9 Å². The molecule has 0 spiro atoms. The van der Waals surface area contributed by atoms with Crippen LogP contribution in [0.15, 0.2) is 59.4 Å². The number of rotatable bonds is 3. The summed E-state index contributed by atoms with van der Waals surface area (Å²) in [5.74, 6) is -0.0328. The Morgan fingerprint density at radius 2 is 1.83 bits per heavy atom. The monoisotopic (exact) mass is 387 g/mol. The first-order chi connectivity index (χ1) is 14.2. The number of benzene rings is 2. The molecule has 9 heteroatoms. The molecule has 0 unspecified atom stereocenters. The summed E-state index contributed by atoms with van der Waals surface area (Å²) in [4.78, 5) is 12.5. The third-order valence-corrected chi connectivity index (χ3v) is 4.72. The van der Waals surface area contributed by atoms with Crippen LogP contribution in [-0.4, -0.2) is 30.4 Å². The van der Waals surface area contributed by atoms with Gasteiger partial charge in [-0.1, -0.05) is 53.6 Å². The lowest BCUT2D eigenvalue weighted by molar-refractivity contribution is 0.562. The van der Waals surface area contributed by atoms with E-state index >= 15 is 0 Å². The number of hydrogen-bond donors (Lipinski definition) is 2. The predicted octanol–water partition coefficient (Wildman–Crippen LogP) is 2.76. The van der Waals surface area contributed by atoms with E-state index in [4.69, 9.17) is 0 Å². The molecule has 0 radical (unpaired) electrons. The number of fused-ring (bicyclic) bond motifs is 2. The Bertz CT molecular complexity index is 1260. The van der Waals surface area contributed by atoms with Gasteiger partial charge in [0, 0.05) is 5.56 Å². The summed E-state index contributed by atoms with van der Waals surface area (Å²) in [6, 6.07) is 15.2. The number of anilines is 2. The van der Waals surface area contributed by atoms with Gasteiger partial charge in [0.15, 0.2) is 0 Å². The average molecular weight is 387 g/mol. The summed E-state index contributed by atoms with van der Waals surface area (Å²) < 4.78 is 15.1. The van der Waals surface area contributed by atoms with Gasteiger partial charge in [-0.15, -0.1) is 0 Å². The van der Waals surface area contributed by atoms with Gasteiger partial charge in [0.25, 0.3) is 5.56 Å². The van der Waals surface area contributed by atoms with Crippen molar-refractivity contribution in [3.63, 3.8) is 0 Å². The van der Waals surface area contributed by atoms with Gasteiger partial charge in [-0.25, -0.2) is 9.49 Å². The first-order valence-corrected chi connectivity index (χ1v) is 8.87. The lowest BCUT2D eigenvalue weighted by Crippen LogP contribution is -2.29. The van der Waals surface area contributed by atoms with E-state index in [0.29, 0.717) is 22.9 Å². The van der Waals surface area contributed by atoms with E-state index in [1.807, 2.05) is 42.5 Å². The zero-order chi connectivity index (χ0) is 19.8. The van der Waals surface area contributed by atoms with Crippen molar-refractivity contribution in [3.8, 4) is 0 Å². The van der Waals surface area contributed by atoms with Crippen LogP contribution in [0.3, 0.4) is 0 Å². The largest absolute Gasteiger partial charge is 0.318 e. The van der Waals surface area contributed by atoms with Crippen LogP contribution in [0.2, 0.25) is 0 Å². The van der Waals surface area contributed by atoms with E-state index in [-0.39, 0.29) is 5.82 Å². The standard InChI is InChI=1S/C20H14FN7O/c21-14-9-7-13(8-10-14)18-16-15(11-6-12-4-2-1-3-5-12)23-24-19(29)17(16)22-20-25-26-27-28(18)20/h1-11,18H,(H,24,29)(H,22,25,27)/b11-6+/t18-/m0/s1. The van der Waals surface area contributed by atoms with Gasteiger partial charge in [0.2, 0.25) is 5.95 Å². The molecule has 0 saturated heterocycles. The van der Waals surface area contributed by atoms with E-state index in [0.717, 1.165) is 11.1 Å². The van der Waals surface area contributed by atoms with Crippen LogP contribution in [-0.2, 0) is 0 Å². The third-order valence-electron chi connectivity index (χ3n) is 4.72. The minimum Gasteiger partial charge on any atom is -0.318 e. The molecule has 0 bridgehead atoms. The SMILES string of the molecule is O=c1[nH]nc(/C=C/c2ccccc2)c2c1Nc1nnnn1[C@H]2c1ccc(F)cc1. The van der Waals surface area contributed by atoms with Crippen molar-refractivity contribution < 1.29 is 4.39 Å². The Balaban J connectivity index is 1.71. The molecule has 1 aliphatic rings. The molecule has 0 aliphatic carbocycles. The number of nitrogens with zero attached hydrogens (tertiary/aromatic N) is 5. The lowest BCUT2D eigenvalue weighted by atomic mass is 9.94. The summed E-state index contributed by atoms with van der Waals surface area (Å²) in [7, 11) is 0. The Hall–Kier alpha value is -4.14. The first kappa shape index (κ1) is 17.0.